The highest BCUT2D eigenvalue weighted by atomic mass is 35.5. The Morgan fingerprint density at radius 2 is 2.18 bits per heavy atom. The Bertz CT molecular complexity index is 510. The van der Waals surface area contributed by atoms with Crippen molar-refractivity contribution in [3.05, 3.63) is 28.4 Å². The van der Waals surface area contributed by atoms with Crippen LogP contribution in [-0.2, 0) is 0 Å². The topological polar surface area (TPSA) is 37.8 Å². The van der Waals surface area contributed by atoms with E-state index in [1.807, 2.05) is 25.1 Å². The quantitative estimate of drug-likeness (QED) is 0.910. The molecule has 0 aromatic carbocycles. The fraction of sp³-hybridized carbons (Fsp3) is 0.333. The Morgan fingerprint density at radius 3 is 2.82 bits per heavy atom. The lowest BCUT2D eigenvalue weighted by atomic mass is 10.3. The molecule has 2 heterocycles. The summed E-state index contributed by atoms with van der Waals surface area (Å²) in [5, 5.41) is 3.27. The first-order chi connectivity index (χ1) is 8.19. The van der Waals surface area contributed by atoms with E-state index in [0.717, 1.165) is 39.5 Å². The molecule has 2 rings (SSSR count). The van der Waals surface area contributed by atoms with Crippen molar-refractivity contribution in [2.45, 2.75) is 20.3 Å². The molecule has 0 fully saturated rings. The number of nitrogens with zero attached hydrogens (tertiary/aromatic N) is 2. The molecule has 0 bridgehead atoms. The number of halogens is 1. The van der Waals surface area contributed by atoms with Crippen LogP contribution in [0.5, 0.6) is 0 Å². The molecular weight excluding hydrogens is 254 g/mol. The number of hydrogen-bond donors (Lipinski definition) is 1. The molecule has 0 aliphatic rings. The summed E-state index contributed by atoms with van der Waals surface area (Å²) in [6.45, 7) is 4.94. The molecule has 2 aromatic rings. The lowest BCUT2D eigenvalue weighted by Crippen LogP contribution is -2.04. The van der Waals surface area contributed by atoms with E-state index in [2.05, 4.69) is 22.2 Å². The molecule has 0 radical (unpaired) electrons. The van der Waals surface area contributed by atoms with Crippen LogP contribution in [0.1, 0.15) is 19.2 Å². The van der Waals surface area contributed by atoms with Crippen molar-refractivity contribution in [2.75, 3.05) is 11.9 Å². The number of hydrogen-bond acceptors (Lipinski definition) is 4. The zero-order valence-electron chi connectivity index (χ0n) is 9.83. The third-order valence-electron chi connectivity index (χ3n) is 2.22. The van der Waals surface area contributed by atoms with E-state index in [4.69, 9.17) is 11.6 Å². The predicted molar refractivity (Wildman–Crippen MR) is 73.9 cm³/mol. The zero-order chi connectivity index (χ0) is 12.3. The molecule has 0 unspecified atom stereocenters. The molecule has 0 aliphatic carbocycles. The van der Waals surface area contributed by atoms with Gasteiger partial charge in [0.25, 0.3) is 0 Å². The van der Waals surface area contributed by atoms with Crippen molar-refractivity contribution >= 4 is 28.8 Å². The molecule has 0 saturated heterocycles. The van der Waals surface area contributed by atoms with Gasteiger partial charge in [0.2, 0.25) is 0 Å². The van der Waals surface area contributed by atoms with Gasteiger partial charge in [0, 0.05) is 12.6 Å². The Hall–Kier alpha value is -1.13. The molecule has 3 nitrogen and oxygen atoms in total. The minimum Gasteiger partial charge on any atom is -0.370 e. The van der Waals surface area contributed by atoms with Gasteiger partial charge in [-0.3, -0.25) is 0 Å². The van der Waals surface area contributed by atoms with Gasteiger partial charge in [0.1, 0.15) is 11.6 Å². The van der Waals surface area contributed by atoms with E-state index in [1.165, 1.54) is 11.3 Å². The second-order valence-corrected chi connectivity index (χ2v) is 5.43. The maximum atomic E-state index is 5.93. The summed E-state index contributed by atoms with van der Waals surface area (Å²) in [5.74, 6) is 1.64. The average Bonchev–Trinajstić information content (AvgIpc) is 2.72. The summed E-state index contributed by atoms with van der Waals surface area (Å²) in [6, 6.07) is 5.83. The summed E-state index contributed by atoms with van der Waals surface area (Å²) >= 11 is 7.46. The average molecular weight is 268 g/mol. The van der Waals surface area contributed by atoms with Gasteiger partial charge >= 0.3 is 0 Å². The number of nitrogens with one attached hydrogen (secondary N) is 1. The van der Waals surface area contributed by atoms with E-state index in [-0.39, 0.29) is 0 Å². The molecule has 17 heavy (non-hydrogen) atoms. The minimum absolute atomic E-state index is 0.769. The molecule has 90 valence electrons. The molecule has 0 aliphatic heterocycles. The van der Waals surface area contributed by atoms with Crippen LogP contribution in [0, 0.1) is 6.92 Å². The first-order valence-electron chi connectivity index (χ1n) is 5.54. The Labute approximate surface area is 110 Å². The predicted octanol–water partition coefficient (Wildman–Crippen LogP) is 3.99. The first-order valence-corrected chi connectivity index (χ1v) is 6.73. The van der Waals surface area contributed by atoms with Crippen LogP contribution in [0.3, 0.4) is 0 Å². The highest BCUT2D eigenvalue weighted by molar-refractivity contribution is 7.19. The second-order valence-electron chi connectivity index (χ2n) is 3.72. The smallest absolute Gasteiger partial charge is 0.130 e. The second kappa shape index (κ2) is 5.47. The van der Waals surface area contributed by atoms with Crippen LogP contribution in [0.25, 0.3) is 10.6 Å². The largest absolute Gasteiger partial charge is 0.370 e. The van der Waals surface area contributed by atoms with Gasteiger partial charge in [0.05, 0.1) is 14.9 Å². The summed E-state index contributed by atoms with van der Waals surface area (Å²) in [4.78, 5) is 9.85. The summed E-state index contributed by atoms with van der Waals surface area (Å²) in [6.07, 6.45) is 1.07. The lowest BCUT2D eigenvalue weighted by molar-refractivity contribution is 0.955. The Kier molecular flexibility index (Phi) is 3.97. The molecule has 0 amide bonds. The Balaban J connectivity index is 2.31. The van der Waals surface area contributed by atoms with Crippen LogP contribution in [0.4, 0.5) is 5.82 Å². The van der Waals surface area contributed by atoms with E-state index in [9.17, 15) is 0 Å². The fourth-order valence-electron chi connectivity index (χ4n) is 1.49. The maximum absolute atomic E-state index is 5.93. The summed E-state index contributed by atoms with van der Waals surface area (Å²) in [5.41, 5.74) is 0.924. The lowest BCUT2D eigenvalue weighted by Gasteiger charge is -2.06. The van der Waals surface area contributed by atoms with Gasteiger partial charge in [-0.05, 0) is 25.5 Å². The SMILES string of the molecule is CCCNc1cc(-c2ccc(Cl)s2)nc(C)n1. The number of anilines is 1. The van der Waals surface area contributed by atoms with Crippen molar-refractivity contribution in [3.63, 3.8) is 0 Å². The maximum Gasteiger partial charge on any atom is 0.130 e. The number of rotatable bonds is 4. The molecule has 5 heteroatoms. The summed E-state index contributed by atoms with van der Waals surface area (Å²) < 4.78 is 0.777. The zero-order valence-corrected chi connectivity index (χ0v) is 11.4. The van der Waals surface area contributed by atoms with E-state index >= 15 is 0 Å². The van der Waals surface area contributed by atoms with Gasteiger partial charge in [-0.15, -0.1) is 11.3 Å². The van der Waals surface area contributed by atoms with Crippen LogP contribution >= 0.6 is 22.9 Å². The van der Waals surface area contributed by atoms with E-state index in [1.54, 1.807) is 0 Å². The highest BCUT2D eigenvalue weighted by Crippen LogP contribution is 2.30. The van der Waals surface area contributed by atoms with E-state index in [0.29, 0.717) is 0 Å². The number of aromatic nitrogens is 2. The van der Waals surface area contributed by atoms with Gasteiger partial charge in [-0.2, -0.15) is 0 Å². The number of aryl methyl sites for hydroxylation is 1. The van der Waals surface area contributed by atoms with Crippen molar-refractivity contribution in [3.8, 4) is 10.6 Å². The van der Waals surface area contributed by atoms with E-state index < -0.39 is 0 Å². The fourth-order valence-corrected chi connectivity index (χ4v) is 2.49. The normalized spacial score (nSPS) is 10.5. The number of thiophene rings is 1. The monoisotopic (exact) mass is 267 g/mol. The molecule has 0 spiro atoms. The Morgan fingerprint density at radius 1 is 1.35 bits per heavy atom. The third-order valence-corrected chi connectivity index (χ3v) is 3.47. The first kappa shape index (κ1) is 12.3. The van der Waals surface area contributed by atoms with Crippen LogP contribution < -0.4 is 5.32 Å². The van der Waals surface area contributed by atoms with Crippen LogP contribution in [0.15, 0.2) is 18.2 Å². The standard InChI is InChI=1S/C12H14ClN3S/c1-3-6-14-12-7-9(15-8(2)16-12)10-4-5-11(13)17-10/h4-5,7H,3,6H2,1-2H3,(H,14,15,16). The highest BCUT2D eigenvalue weighted by Gasteiger charge is 2.06. The molecule has 0 saturated carbocycles. The van der Waals surface area contributed by atoms with Gasteiger partial charge < -0.3 is 5.32 Å². The van der Waals surface area contributed by atoms with Crippen molar-refractivity contribution in [1.82, 2.24) is 9.97 Å². The molecular formula is C12H14ClN3S. The van der Waals surface area contributed by atoms with Gasteiger partial charge in [0.15, 0.2) is 0 Å². The third kappa shape index (κ3) is 3.17. The van der Waals surface area contributed by atoms with Crippen molar-refractivity contribution < 1.29 is 0 Å². The van der Waals surface area contributed by atoms with Gasteiger partial charge in [-0.25, -0.2) is 9.97 Å². The van der Waals surface area contributed by atoms with Crippen molar-refractivity contribution in [1.29, 1.82) is 0 Å². The molecule has 2 aromatic heterocycles. The van der Waals surface area contributed by atoms with Gasteiger partial charge in [-0.1, -0.05) is 18.5 Å². The minimum atomic E-state index is 0.769. The van der Waals surface area contributed by atoms with Crippen LogP contribution in [-0.4, -0.2) is 16.5 Å². The molecule has 1 N–H and O–H groups in total. The van der Waals surface area contributed by atoms with Crippen LogP contribution in [0.2, 0.25) is 4.34 Å². The summed E-state index contributed by atoms with van der Waals surface area (Å²) in [7, 11) is 0. The molecule has 0 atom stereocenters. The van der Waals surface area contributed by atoms with Crippen molar-refractivity contribution in [2.24, 2.45) is 0 Å².